The molecule has 0 atom stereocenters. The zero-order valence-electron chi connectivity index (χ0n) is 17.3. The molecule has 4 rings (SSSR count). The fourth-order valence-electron chi connectivity index (χ4n) is 2.90. The summed E-state index contributed by atoms with van der Waals surface area (Å²) in [7, 11) is 1.74. The van der Waals surface area contributed by atoms with Crippen LogP contribution in [0.2, 0.25) is 0 Å². The SMILES string of the molecule is CN=C(NCc1ccnc(-n2ccnc2)c1)NCc1coc(-c2ccc(C)cc2)n1.I. The number of oxazole rings is 1. The number of nitrogens with one attached hydrogen (secondary N) is 2. The molecule has 1 aromatic carbocycles. The summed E-state index contributed by atoms with van der Waals surface area (Å²) in [5.41, 5.74) is 4.05. The van der Waals surface area contributed by atoms with Gasteiger partial charge in [0, 0.05) is 37.7 Å². The van der Waals surface area contributed by atoms with E-state index in [9.17, 15) is 0 Å². The molecule has 0 saturated heterocycles. The number of benzene rings is 1. The molecule has 0 unspecified atom stereocenters. The number of imidazole rings is 1. The van der Waals surface area contributed by atoms with Crippen LogP contribution in [0, 0.1) is 6.92 Å². The van der Waals surface area contributed by atoms with E-state index in [0.717, 1.165) is 22.6 Å². The van der Waals surface area contributed by atoms with E-state index >= 15 is 0 Å². The predicted octanol–water partition coefficient (Wildman–Crippen LogP) is 3.71. The minimum absolute atomic E-state index is 0. The summed E-state index contributed by atoms with van der Waals surface area (Å²) in [5, 5.41) is 6.56. The highest BCUT2D eigenvalue weighted by Crippen LogP contribution is 2.19. The third-order valence-corrected chi connectivity index (χ3v) is 4.55. The van der Waals surface area contributed by atoms with E-state index in [1.54, 1.807) is 32.0 Å². The van der Waals surface area contributed by atoms with Crippen molar-refractivity contribution in [1.29, 1.82) is 0 Å². The molecule has 0 aliphatic carbocycles. The minimum atomic E-state index is 0. The predicted molar refractivity (Wildman–Crippen MR) is 130 cm³/mol. The van der Waals surface area contributed by atoms with Crippen molar-refractivity contribution in [3.05, 3.63) is 84.4 Å². The number of guanidine groups is 1. The van der Waals surface area contributed by atoms with Crippen LogP contribution < -0.4 is 10.6 Å². The Hall–Kier alpha value is -3.21. The number of hydrogen-bond acceptors (Lipinski definition) is 5. The molecule has 0 radical (unpaired) electrons. The summed E-state index contributed by atoms with van der Waals surface area (Å²) in [5.74, 6) is 2.11. The van der Waals surface area contributed by atoms with Crippen LogP contribution in [0.15, 0.2) is 77.0 Å². The molecule has 9 heteroatoms. The number of halogens is 1. The quantitative estimate of drug-likeness (QED) is 0.225. The van der Waals surface area contributed by atoms with Gasteiger partial charge in [-0.1, -0.05) is 17.7 Å². The second kappa shape index (κ2) is 10.7. The van der Waals surface area contributed by atoms with Gasteiger partial charge in [0.05, 0.1) is 12.2 Å². The molecule has 0 amide bonds. The molecule has 0 aliphatic heterocycles. The standard InChI is InChI=1S/C22H23N7O.HI/c1-16-3-5-18(6-4-16)21-28-19(14-30-21)13-27-22(23-2)26-12-17-7-8-25-20(11-17)29-10-9-24-15-29;/h3-11,14-15H,12-13H2,1-2H3,(H2,23,26,27);1H. The molecule has 4 aromatic rings. The molecule has 8 nitrogen and oxygen atoms in total. The largest absolute Gasteiger partial charge is 0.444 e. The highest BCUT2D eigenvalue weighted by Gasteiger charge is 2.08. The lowest BCUT2D eigenvalue weighted by molar-refractivity contribution is 0.572. The highest BCUT2D eigenvalue weighted by molar-refractivity contribution is 14.0. The molecule has 2 N–H and O–H groups in total. The van der Waals surface area contributed by atoms with Crippen LogP contribution in [0.25, 0.3) is 17.3 Å². The van der Waals surface area contributed by atoms with Gasteiger partial charge >= 0.3 is 0 Å². The molecule has 0 fully saturated rings. The fraction of sp³-hybridized carbons (Fsp3) is 0.182. The van der Waals surface area contributed by atoms with Crippen molar-refractivity contribution < 1.29 is 4.42 Å². The molecule has 0 bridgehead atoms. The van der Waals surface area contributed by atoms with Gasteiger partial charge in [0.2, 0.25) is 5.89 Å². The number of aliphatic imine (C=N–C) groups is 1. The Morgan fingerprint density at radius 3 is 2.65 bits per heavy atom. The second-order valence-electron chi connectivity index (χ2n) is 6.78. The van der Waals surface area contributed by atoms with Gasteiger partial charge in [-0.3, -0.25) is 9.56 Å². The Balaban J connectivity index is 0.00000272. The van der Waals surface area contributed by atoms with Gasteiger partial charge < -0.3 is 15.1 Å². The van der Waals surface area contributed by atoms with Crippen molar-refractivity contribution in [2.24, 2.45) is 4.99 Å². The van der Waals surface area contributed by atoms with Crippen molar-refractivity contribution in [2.45, 2.75) is 20.0 Å². The summed E-state index contributed by atoms with van der Waals surface area (Å²) < 4.78 is 7.48. The van der Waals surface area contributed by atoms with Crippen molar-refractivity contribution in [1.82, 2.24) is 30.2 Å². The number of aromatic nitrogens is 4. The Labute approximate surface area is 197 Å². The van der Waals surface area contributed by atoms with Gasteiger partial charge in [-0.15, -0.1) is 24.0 Å². The highest BCUT2D eigenvalue weighted by atomic mass is 127. The Morgan fingerprint density at radius 1 is 1.10 bits per heavy atom. The van der Waals surface area contributed by atoms with Gasteiger partial charge in [0.15, 0.2) is 5.96 Å². The van der Waals surface area contributed by atoms with Crippen LogP contribution in [-0.4, -0.2) is 32.5 Å². The smallest absolute Gasteiger partial charge is 0.226 e. The summed E-state index contributed by atoms with van der Waals surface area (Å²) in [4.78, 5) is 17.2. The first-order valence-electron chi connectivity index (χ1n) is 9.60. The van der Waals surface area contributed by atoms with Gasteiger partial charge in [-0.2, -0.15) is 0 Å². The zero-order valence-corrected chi connectivity index (χ0v) is 19.6. The van der Waals surface area contributed by atoms with Gasteiger partial charge in [0.25, 0.3) is 0 Å². The summed E-state index contributed by atoms with van der Waals surface area (Å²) in [6.07, 6.45) is 8.76. The molecule has 0 saturated carbocycles. The lowest BCUT2D eigenvalue weighted by atomic mass is 10.1. The van der Waals surface area contributed by atoms with E-state index in [-0.39, 0.29) is 24.0 Å². The number of nitrogens with zero attached hydrogens (tertiary/aromatic N) is 5. The molecule has 0 spiro atoms. The maximum atomic E-state index is 5.61. The summed E-state index contributed by atoms with van der Waals surface area (Å²) in [6, 6.07) is 12.1. The Kier molecular flexibility index (Phi) is 7.76. The third kappa shape index (κ3) is 5.91. The first-order chi connectivity index (χ1) is 14.7. The maximum absolute atomic E-state index is 5.61. The van der Waals surface area contributed by atoms with Crippen LogP contribution in [0.1, 0.15) is 16.8 Å². The molecule has 160 valence electrons. The maximum Gasteiger partial charge on any atom is 0.226 e. The molecule has 0 aliphatic rings. The van der Waals surface area contributed by atoms with Crippen molar-refractivity contribution in [2.75, 3.05) is 7.05 Å². The van der Waals surface area contributed by atoms with Crippen LogP contribution in [0.4, 0.5) is 0 Å². The third-order valence-electron chi connectivity index (χ3n) is 4.55. The molecule has 3 heterocycles. The fourth-order valence-corrected chi connectivity index (χ4v) is 2.90. The lowest BCUT2D eigenvalue weighted by Gasteiger charge is -2.11. The van der Waals surface area contributed by atoms with Crippen molar-refractivity contribution in [3.8, 4) is 17.3 Å². The number of rotatable bonds is 6. The topological polar surface area (TPSA) is 93.2 Å². The average molecular weight is 529 g/mol. The first-order valence-corrected chi connectivity index (χ1v) is 9.60. The number of aryl methyl sites for hydroxylation is 1. The molecule has 3 aromatic heterocycles. The van der Waals surface area contributed by atoms with Crippen LogP contribution in [0.3, 0.4) is 0 Å². The van der Waals surface area contributed by atoms with Crippen LogP contribution in [-0.2, 0) is 13.1 Å². The minimum Gasteiger partial charge on any atom is -0.444 e. The Bertz CT molecular complexity index is 1120. The average Bonchev–Trinajstić information content (AvgIpc) is 3.47. The first kappa shape index (κ1) is 22.5. The molecular weight excluding hydrogens is 505 g/mol. The Morgan fingerprint density at radius 2 is 1.90 bits per heavy atom. The van der Waals surface area contributed by atoms with Gasteiger partial charge in [-0.25, -0.2) is 15.0 Å². The number of pyridine rings is 1. The van der Waals surface area contributed by atoms with Crippen LogP contribution >= 0.6 is 24.0 Å². The van der Waals surface area contributed by atoms with Crippen molar-refractivity contribution >= 4 is 29.9 Å². The van der Waals surface area contributed by atoms with Crippen molar-refractivity contribution in [3.63, 3.8) is 0 Å². The summed E-state index contributed by atoms with van der Waals surface area (Å²) >= 11 is 0. The second-order valence-corrected chi connectivity index (χ2v) is 6.78. The molecule has 31 heavy (non-hydrogen) atoms. The number of hydrogen-bond donors (Lipinski definition) is 2. The zero-order chi connectivity index (χ0) is 20.8. The van der Waals surface area contributed by atoms with E-state index in [2.05, 4.69) is 37.5 Å². The molecular formula is C22H24IN7O. The van der Waals surface area contributed by atoms with Gasteiger partial charge in [0.1, 0.15) is 18.4 Å². The van der Waals surface area contributed by atoms with E-state index < -0.39 is 0 Å². The monoisotopic (exact) mass is 529 g/mol. The van der Waals surface area contributed by atoms with Gasteiger partial charge in [-0.05, 0) is 36.8 Å². The lowest BCUT2D eigenvalue weighted by Crippen LogP contribution is -2.36. The van der Waals surface area contributed by atoms with Crippen LogP contribution in [0.5, 0.6) is 0 Å². The van der Waals surface area contributed by atoms with E-state index in [0.29, 0.717) is 24.9 Å². The van der Waals surface area contributed by atoms with E-state index in [1.165, 1.54) is 5.56 Å². The van der Waals surface area contributed by atoms with E-state index in [4.69, 9.17) is 4.42 Å². The van der Waals surface area contributed by atoms with E-state index in [1.807, 2.05) is 47.2 Å². The summed E-state index contributed by atoms with van der Waals surface area (Å²) in [6.45, 7) is 3.17. The normalized spacial score (nSPS) is 11.1.